The highest BCUT2D eigenvalue weighted by molar-refractivity contribution is 6.31. The first-order valence-corrected chi connectivity index (χ1v) is 8.27. The molecule has 2 amide bonds. The van der Waals surface area contributed by atoms with Crippen molar-refractivity contribution >= 4 is 23.4 Å². The lowest BCUT2D eigenvalue weighted by Crippen LogP contribution is -2.57. The summed E-state index contributed by atoms with van der Waals surface area (Å²) in [5.74, 6) is -0.595. The summed E-state index contributed by atoms with van der Waals surface area (Å²) in [5, 5.41) is 6.18. The molecule has 2 atom stereocenters. The van der Waals surface area contributed by atoms with E-state index in [-0.39, 0.29) is 18.4 Å². The lowest BCUT2D eigenvalue weighted by molar-refractivity contribution is -0.149. The minimum atomic E-state index is -0.858. The number of hydrogen-bond acceptors (Lipinski definition) is 4. The first-order chi connectivity index (χ1) is 11.3. The molecule has 132 valence electrons. The van der Waals surface area contributed by atoms with E-state index in [1.165, 1.54) is 0 Å². The summed E-state index contributed by atoms with van der Waals surface area (Å²) < 4.78 is 10.9. The van der Waals surface area contributed by atoms with Gasteiger partial charge in [0.25, 0.3) is 5.91 Å². The summed E-state index contributed by atoms with van der Waals surface area (Å²) in [7, 11) is 0. The topological polar surface area (TPSA) is 76.7 Å². The van der Waals surface area contributed by atoms with Crippen LogP contribution < -0.4 is 10.6 Å². The van der Waals surface area contributed by atoms with E-state index in [0.29, 0.717) is 23.8 Å². The summed E-state index contributed by atoms with van der Waals surface area (Å²) in [6, 6.07) is 6.44. The van der Waals surface area contributed by atoms with E-state index in [0.717, 1.165) is 0 Å². The molecule has 0 saturated carbocycles. The molecule has 0 aromatic heterocycles. The summed E-state index contributed by atoms with van der Waals surface area (Å²) >= 11 is 6.22. The smallest absolute Gasteiger partial charge is 0.252 e. The molecule has 1 aromatic carbocycles. The summed E-state index contributed by atoms with van der Waals surface area (Å²) in [4.78, 5) is 24.4. The van der Waals surface area contributed by atoms with Crippen LogP contribution in [0, 0.1) is 0 Å². The van der Waals surface area contributed by atoms with Gasteiger partial charge in [0.05, 0.1) is 18.2 Å². The zero-order chi connectivity index (χ0) is 17.7. The van der Waals surface area contributed by atoms with Crippen LogP contribution in [-0.4, -0.2) is 43.3 Å². The van der Waals surface area contributed by atoms with Crippen molar-refractivity contribution in [1.29, 1.82) is 0 Å². The van der Waals surface area contributed by atoms with Gasteiger partial charge in [0, 0.05) is 11.6 Å². The zero-order valence-corrected chi connectivity index (χ0v) is 14.9. The van der Waals surface area contributed by atoms with Gasteiger partial charge in [-0.25, -0.2) is 0 Å². The number of amides is 2. The van der Waals surface area contributed by atoms with Gasteiger partial charge in [-0.2, -0.15) is 0 Å². The second-order valence-electron chi connectivity index (χ2n) is 6.31. The van der Waals surface area contributed by atoms with E-state index >= 15 is 0 Å². The highest BCUT2D eigenvalue weighted by Gasteiger charge is 2.38. The van der Waals surface area contributed by atoms with Gasteiger partial charge in [0.2, 0.25) is 5.91 Å². The average molecular weight is 355 g/mol. The Morgan fingerprint density at radius 1 is 1.46 bits per heavy atom. The van der Waals surface area contributed by atoms with Gasteiger partial charge in [0.1, 0.15) is 6.61 Å². The van der Waals surface area contributed by atoms with Crippen LogP contribution in [-0.2, 0) is 19.1 Å². The molecule has 1 aliphatic heterocycles. The highest BCUT2D eigenvalue weighted by atomic mass is 35.5. The van der Waals surface area contributed by atoms with Gasteiger partial charge in [-0.15, -0.1) is 0 Å². The lowest BCUT2D eigenvalue weighted by atomic mass is 9.97. The predicted molar refractivity (Wildman–Crippen MR) is 90.8 cm³/mol. The van der Waals surface area contributed by atoms with Crippen LogP contribution in [0.15, 0.2) is 24.3 Å². The molecule has 7 heteroatoms. The number of nitrogens with one attached hydrogen (secondary N) is 2. The minimum absolute atomic E-state index is 0.162. The van der Waals surface area contributed by atoms with E-state index < -0.39 is 17.7 Å². The number of benzene rings is 1. The maximum atomic E-state index is 12.7. The molecular formula is C17H23ClN2O4. The van der Waals surface area contributed by atoms with Crippen LogP contribution >= 0.6 is 11.6 Å². The summed E-state index contributed by atoms with van der Waals surface area (Å²) in [6.07, 6.45) is -0.858. The Morgan fingerprint density at radius 2 is 2.17 bits per heavy atom. The van der Waals surface area contributed by atoms with Crippen molar-refractivity contribution in [3.63, 3.8) is 0 Å². The van der Waals surface area contributed by atoms with Crippen molar-refractivity contribution < 1.29 is 19.1 Å². The molecule has 0 spiro atoms. The van der Waals surface area contributed by atoms with Crippen LogP contribution in [0.25, 0.3) is 0 Å². The van der Waals surface area contributed by atoms with Crippen LogP contribution in [0.4, 0.5) is 0 Å². The molecule has 0 bridgehead atoms. The maximum Gasteiger partial charge on any atom is 0.252 e. The predicted octanol–water partition coefficient (Wildman–Crippen LogP) is 1.83. The van der Waals surface area contributed by atoms with Crippen molar-refractivity contribution in [2.24, 2.45) is 0 Å². The molecule has 2 rings (SSSR count). The van der Waals surface area contributed by atoms with Gasteiger partial charge >= 0.3 is 0 Å². The second kappa shape index (κ2) is 7.96. The fourth-order valence-electron chi connectivity index (χ4n) is 2.55. The molecule has 1 heterocycles. The van der Waals surface area contributed by atoms with Crippen LogP contribution in [0.3, 0.4) is 0 Å². The van der Waals surface area contributed by atoms with E-state index in [1.54, 1.807) is 24.3 Å². The standard InChI is InChI=1S/C17H23ClN2O4/c1-4-23-10-17(2,3)20-16(22)15-14(19-13(21)9-24-15)11-7-5-6-8-12(11)18/h5-8,14-15H,4,9-10H2,1-3H3,(H,19,21)(H,20,22)/t14-,15+/m1/s1. The summed E-state index contributed by atoms with van der Waals surface area (Å²) in [5.41, 5.74) is 0.0955. The van der Waals surface area contributed by atoms with Gasteiger partial charge in [-0.1, -0.05) is 29.8 Å². The molecule has 24 heavy (non-hydrogen) atoms. The van der Waals surface area contributed by atoms with Crippen molar-refractivity contribution in [1.82, 2.24) is 10.6 Å². The number of carbonyl (C=O) groups excluding carboxylic acids is 2. The second-order valence-corrected chi connectivity index (χ2v) is 6.72. The maximum absolute atomic E-state index is 12.7. The fraction of sp³-hybridized carbons (Fsp3) is 0.529. The van der Waals surface area contributed by atoms with E-state index in [9.17, 15) is 9.59 Å². The van der Waals surface area contributed by atoms with Crippen molar-refractivity contribution in [2.75, 3.05) is 19.8 Å². The zero-order valence-electron chi connectivity index (χ0n) is 14.1. The third kappa shape index (κ3) is 4.69. The Kier molecular flexibility index (Phi) is 6.21. The molecule has 1 aromatic rings. The first kappa shape index (κ1) is 18.7. The number of ether oxygens (including phenoxy) is 2. The molecule has 6 nitrogen and oxygen atoms in total. The van der Waals surface area contributed by atoms with Gasteiger partial charge in [-0.3, -0.25) is 9.59 Å². The molecular weight excluding hydrogens is 332 g/mol. The Bertz CT molecular complexity index is 606. The third-order valence-electron chi connectivity index (χ3n) is 3.64. The lowest BCUT2D eigenvalue weighted by Gasteiger charge is -2.35. The minimum Gasteiger partial charge on any atom is -0.379 e. The Balaban J connectivity index is 2.18. The Hall–Kier alpha value is -1.63. The quantitative estimate of drug-likeness (QED) is 0.817. The first-order valence-electron chi connectivity index (χ1n) is 7.89. The largest absolute Gasteiger partial charge is 0.379 e. The third-order valence-corrected chi connectivity index (χ3v) is 3.98. The molecule has 0 aliphatic carbocycles. The molecule has 1 saturated heterocycles. The Labute approximate surface area is 146 Å². The van der Waals surface area contributed by atoms with Crippen molar-refractivity contribution in [2.45, 2.75) is 38.5 Å². The number of halogens is 1. The molecule has 0 radical (unpaired) electrons. The monoisotopic (exact) mass is 354 g/mol. The van der Waals surface area contributed by atoms with Gasteiger partial charge in [-0.05, 0) is 32.4 Å². The summed E-state index contributed by atoms with van der Waals surface area (Å²) in [6.45, 7) is 6.41. The normalized spacial score (nSPS) is 21.2. The number of carbonyl (C=O) groups is 2. The van der Waals surface area contributed by atoms with Crippen LogP contribution in [0.2, 0.25) is 5.02 Å². The van der Waals surface area contributed by atoms with Crippen LogP contribution in [0.5, 0.6) is 0 Å². The van der Waals surface area contributed by atoms with Gasteiger partial charge < -0.3 is 20.1 Å². The highest BCUT2D eigenvalue weighted by Crippen LogP contribution is 2.28. The van der Waals surface area contributed by atoms with E-state index in [4.69, 9.17) is 21.1 Å². The molecule has 1 aliphatic rings. The number of morpholine rings is 1. The molecule has 2 N–H and O–H groups in total. The van der Waals surface area contributed by atoms with Crippen molar-refractivity contribution in [3.8, 4) is 0 Å². The average Bonchev–Trinajstić information content (AvgIpc) is 2.53. The van der Waals surface area contributed by atoms with E-state index in [2.05, 4.69) is 10.6 Å². The SMILES string of the molecule is CCOCC(C)(C)NC(=O)[C@H]1OCC(=O)N[C@@H]1c1ccccc1Cl. The molecule has 1 fully saturated rings. The van der Waals surface area contributed by atoms with E-state index in [1.807, 2.05) is 20.8 Å². The number of hydrogen-bond donors (Lipinski definition) is 2. The fourth-order valence-corrected chi connectivity index (χ4v) is 2.80. The molecule has 0 unspecified atom stereocenters. The van der Waals surface area contributed by atoms with Gasteiger partial charge in [0.15, 0.2) is 6.10 Å². The Morgan fingerprint density at radius 3 is 2.83 bits per heavy atom. The van der Waals surface area contributed by atoms with Crippen molar-refractivity contribution in [3.05, 3.63) is 34.9 Å². The number of rotatable bonds is 6. The van der Waals surface area contributed by atoms with Crippen LogP contribution in [0.1, 0.15) is 32.4 Å².